The molecule has 3 aromatic carbocycles. The number of hydrogen-bond donors (Lipinski definition) is 2. The first-order valence-corrected chi connectivity index (χ1v) is 7.13. The number of phenolic OH excluding ortho intramolecular Hbond substituents is 2. The summed E-state index contributed by atoms with van der Waals surface area (Å²) in [7, 11) is 0. The van der Waals surface area contributed by atoms with Crippen molar-refractivity contribution in [3.05, 3.63) is 84.4 Å². The molecule has 0 aromatic heterocycles. The highest BCUT2D eigenvalue weighted by Crippen LogP contribution is 2.38. The number of anilines is 2. The highest BCUT2D eigenvalue weighted by Gasteiger charge is 2.16. The summed E-state index contributed by atoms with van der Waals surface area (Å²) >= 11 is 0. The van der Waals surface area contributed by atoms with E-state index >= 15 is 0 Å². The first-order chi connectivity index (χ1) is 10.8. The average molecular weight is 291 g/mol. The summed E-state index contributed by atoms with van der Waals surface area (Å²) in [6.45, 7) is 0.552. The highest BCUT2D eigenvalue weighted by molar-refractivity contribution is 5.72. The summed E-state index contributed by atoms with van der Waals surface area (Å²) in [6, 6.07) is 24.2. The molecule has 0 atom stereocenters. The Morgan fingerprint density at radius 1 is 0.591 bits per heavy atom. The van der Waals surface area contributed by atoms with Crippen molar-refractivity contribution >= 4 is 11.4 Å². The lowest BCUT2D eigenvalue weighted by Gasteiger charge is -2.26. The largest absolute Gasteiger partial charge is 0.506 e. The fourth-order valence-corrected chi connectivity index (χ4v) is 2.45. The second-order valence-corrected chi connectivity index (χ2v) is 5.05. The first kappa shape index (κ1) is 14.0. The molecule has 3 aromatic rings. The maximum Gasteiger partial charge on any atom is 0.139 e. The zero-order valence-corrected chi connectivity index (χ0v) is 12.1. The van der Waals surface area contributed by atoms with Crippen LogP contribution in [0.2, 0.25) is 0 Å². The molecule has 0 spiro atoms. The van der Waals surface area contributed by atoms with Crippen LogP contribution in [0.15, 0.2) is 78.9 Å². The molecule has 3 rings (SSSR count). The van der Waals surface area contributed by atoms with Gasteiger partial charge >= 0.3 is 0 Å². The lowest BCUT2D eigenvalue weighted by molar-refractivity contribution is 0.470. The van der Waals surface area contributed by atoms with Gasteiger partial charge in [0.15, 0.2) is 0 Å². The monoisotopic (exact) mass is 291 g/mol. The van der Waals surface area contributed by atoms with Crippen LogP contribution in [0.5, 0.6) is 11.5 Å². The van der Waals surface area contributed by atoms with Gasteiger partial charge in [-0.1, -0.05) is 54.6 Å². The van der Waals surface area contributed by atoms with Crippen molar-refractivity contribution < 1.29 is 10.2 Å². The molecule has 0 heterocycles. The molecule has 0 aliphatic heterocycles. The molecule has 0 saturated heterocycles. The summed E-state index contributed by atoms with van der Waals surface area (Å²) in [4.78, 5) is 1.90. The van der Waals surface area contributed by atoms with Gasteiger partial charge in [0.25, 0.3) is 0 Å². The number of hydrogen-bond acceptors (Lipinski definition) is 3. The highest BCUT2D eigenvalue weighted by atomic mass is 16.3. The zero-order chi connectivity index (χ0) is 15.4. The van der Waals surface area contributed by atoms with Crippen LogP contribution in [-0.2, 0) is 6.54 Å². The van der Waals surface area contributed by atoms with Crippen LogP contribution in [0, 0.1) is 0 Å². The predicted molar refractivity (Wildman–Crippen MR) is 88.5 cm³/mol. The van der Waals surface area contributed by atoms with E-state index in [2.05, 4.69) is 0 Å². The van der Waals surface area contributed by atoms with Crippen LogP contribution in [0.3, 0.4) is 0 Å². The fourth-order valence-electron chi connectivity index (χ4n) is 2.45. The number of benzene rings is 3. The van der Waals surface area contributed by atoms with E-state index in [-0.39, 0.29) is 11.5 Å². The molecule has 3 nitrogen and oxygen atoms in total. The molecule has 0 unspecified atom stereocenters. The van der Waals surface area contributed by atoms with Crippen molar-refractivity contribution in [1.82, 2.24) is 0 Å². The van der Waals surface area contributed by atoms with E-state index in [0.29, 0.717) is 17.9 Å². The minimum Gasteiger partial charge on any atom is -0.506 e. The topological polar surface area (TPSA) is 43.7 Å². The van der Waals surface area contributed by atoms with Gasteiger partial charge in [-0.25, -0.2) is 0 Å². The van der Waals surface area contributed by atoms with Crippen LogP contribution in [0.1, 0.15) is 5.56 Å². The minimum absolute atomic E-state index is 0.182. The van der Waals surface area contributed by atoms with E-state index in [4.69, 9.17) is 0 Å². The van der Waals surface area contributed by atoms with Gasteiger partial charge in [-0.15, -0.1) is 0 Å². The van der Waals surface area contributed by atoms with Crippen molar-refractivity contribution in [3.8, 4) is 11.5 Å². The molecule has 0 amide bonds. The first-order valence-electron chi connectivity index (χ1n) is 7.13. The Hall–Kier alpha value is -2.94. The minimum atomic E-state index is 0.182. The van der Waals surface area contributed by atoms with Crippen molar-refractivity contribution in [2.24, 2.45) is 0 Å². The van der Waals surface area contributed by atoms with Gasteiger partial charge in [0.2, 0.25) is 0 Å². The van der Waals surface area contributed by atoms with Gasteiger partial charge in [0, 0.05) is 6.54 Å². The number of nitrogens with zero attached hydrogens (tertiary/aromatic N) is 1. The van der Waals surface area contributed by atoms with Crippen LogP contribution in [0.25, 0.3) is 0 Å². The lowest BCUT2D eigenvalue weighted by atomic mass is 10.1. The molecule has 0 fully saturated rings. The second kappa shape index (κ2) is 6.22. The second-order valence-electron chi connectivity index (χ2n) is 5.05. The van der Waals surface area contributed by atoms with Crippen LogP contribution >= 0.6 is 0 Å². The van der Waals surface area contributed by atoms with Crippen molar-refractivity contribution in [2.45, 2.75) is 6.54 Å². The Morgan fingerprint density at radius 2 is 1.05 bits per heavy atom. The van der Waals surface area contributed by atoms with Crippen molar-refractivity contribution in [1.29, 1.82) is 0 Å². The average Bonchev–Trinajstić information content (AvgIpc) is 2.55. The van der Waals surface area contributed by atoms with E-state index in [1.165, 1.54) is 0 Å². The maximum atomic E-state index is 10.2. The Morgan fingerprint density at radius 3 is 1.55 bits per heavy atom. The molecule has 2 N–H and O–H groups in total. The summed E-state index contributed by atoms with van der Waals surface area (Å²) in [5.41, 5.74) is 2.41. The Labute approximate surface area is 129 Å². The number of rotatable bonds is 4. The van der Waals surface area contributed by atoms with Gasteiger partial charge in [-0.2, -0.15) is 0 Å². The molecular weight excluding hydrogens is 274 g/mol. The Balaban J connectivity index is 2.07. The van der Waals surface area contributed by atoms with Gasteiger partial charge < -0.3 is 15.1 Å². The number of phenols is 2. The van der Waals surface area contributed by atoms with Gasteiger partial charge in [0.1, 0.15) is 11.5 Å². The maximum absolute atomic E-state index is 10.2. The van der Waals surface area contributed by atoms with E-state index < -0.39 is 0 Å². The molecule has 0 radical (unpaired) electrons. The van der Waals surface area contributed by atoms with E-state index in [9.17, 15) is 10.2 Å². The molecular formula is C19H17NO2. The van der Waals surface area contributed by atoms with E-state index in [0.717, 1.165) is 5.56 Å². The van der Waals surface area contributed by atoms with E-state index in [1.54, 1.807) is 24.3 Å². The molecule has 0 saturated carbocycles. The smallest absolute Gasteiger partial charge is 0.139 e. The lowest BCUT2D eigenvalue weighted by Crippen LogP contribution is -2.16. The normalized spacial score (nSPS) is 10.4. The Bertz CT molecular complexity index is 711. The molecule has 0 bridgehead atoms. The summed E-state index contributed by atoms with van der Waals surface area (Å²) in [5.74, 6) is 0.364. The third-order valence-corrected chi connectivity index (χ3v) is 3.53. The van der Waals surface area contributed by atoms with Gasteiger partial charge in [-0.05, 0) is 29.8 Å². The molecule has 110 valence electrons. The quantitative estimate of drug-likeness (QED) is 0.747. The third kappa shape index (κ3) is 2.88. The zero-order valence-electron chi connectivity index (χ0n) is 12.1. The third-order valence-electron chi connectivity index (χ3n) is 3.53. The van der Waals surface area contributed by atoms with Gasteiger partial charge in [-0.3, -0.25) is 0 Å². The van der Waals surface area contributed by atoms with Gasteiger partial charge in [0.05, 0.1) is 11.4 Å². The van der Waals surface area contributed by atoms with Crippen LogP contribution < -0.4 is 4.90 Å². The summed E-state index contributed by atoms with van der Waals surface area (Å²) < 4.78 is 0. The standard InChI is InChI=1S/C19H17NO2/c21-18-12-6-4-10-16(18)20(14-15-8-2-1-3-9-15)17-11-5-7-13-19(17)22/h1-13,21-22H,14H2. The fraction of sp³-hybridized carbons (Fsp3) is 0.0526. The van der Waals surface area contributed by atoms with E-state index in [1.807, 2.05) is 59.5 Å². The molecule has 3 heteroatoms. The van der Waals surface area contributed by atoms with Crippen LogP contribution in [-0.4, -0.2) is 10.2 Å². The number of aromatic hydroxyl groups is 2. The Kier molecular flexibility index (Phi) is 3.97. The summed E-state index contributed by atoms with van der Waals surface area (Å²) in [6.07, 6.45) is 0. The molecule has 0 aliphatic carbocycles. The number of para-hydroxylation sites is 4. The molecule has 0 aliphatic rings. The SMILES string of the molecule is Oc1ccccc1N(Cc1ccccc1)c1ccccc1O. The summed E-state index contributed by atoms with van der Waals surface area (Å²) in [5, 5.41) is 20.4. The predicted octanol–water partition coefficient (Wildman–Crippen LogP) is 4.44. The van der Waals surface area contributed by atoms with Crippen LogP contribution in [0.4, 0.5) is 11.4 Å². The van der Waals surface area contributed by atoms with Crippen molar-refractivity contribution in [2.75, 3.05) is 4.90 Å². The van der Waals surface area contributed by atoms with Crippen molar-refractivity contribution in [3.63, 3.8) is 0 Å². The molecule has 22 heavy (non-hydrogen) atoms.